The number of amides is 2. The first-order valence-electron chi connectivity index (χ1n) is 6.99. The second-order valence-corrected chi connectivity index (χ2v) is 4.85. The number of nitrogens with one attached hydrogen (secondary N) is 2. The zero-order valence-corrected chi connectivity index (χ0v) is 12.8. The molecule has 2 N–H and O–H groups in total. The predicted octanol–water partition coefficient (Wildman–Crippen LogP) is 2.57. The molecule has 24 heavy (non-hydrogen) atoms. The zero-order chi connectivity index (χ0) is 17.5. The largest absolute Gasteiger partial charge is 0.484 e. The van der Waals surface area contributed by atoms with Crippen molar-refractivity contribution < 1.29 is 19.2 Å². The first-order chi connectivity index (χ1) is 11.4. The van der Waals surface area contributed by atoms with Crippen molar-refractivity contribution in [3.05, 3.63) is 58.6 Å². The summed E-state index contributed by atoms with van der Waals surface area (Å²) in [5, 5.41) is 15.9. The van der Waals surface area contributed by atoms with Crippen LogP contribution in [0.25, 0.3) is 0 Å². The molecule has 0 heterocycles. The second kappa shape index (κ2) is 7.73. The number of carbonyl (C=O) groups is 2. The van der Waals surface area contributed by atoms with Crippen LogP contribution in [0.1, 0.15) is 6.92 Å². The molecule has 0 unspecified atom stereocenters. The first-order valence-corrected chi connectivity index (χ1v) is 6.99. The van der Waals surface area contributed by atoms with Crippen LogP contribution in [-0.2, 0) is 9.59 Å². The van der Waals surface area contributed by atoms with Gasteiger partial charge in [-0.3, -0.25) is 19.7 Å². The second-order valence-electron chi connectivity index (χ2n) is 4.85. The Morgan fingerprint density at radius 2 is 1.75 bits per heavy atom. The van der Waals surface area contributed by atoms with Gasteiger partial charge in [-0.2, -0.15) is 0 Å². The summed E-state index contributed by atoms with van der Waals surface area (Å²) in [5.74, 6) is -0.416. The van der Waals surface area contributed by atoms with Gasteiger partial charge in [-0.15, -0.1) is 0 Å². The van der Waals surface area contributed by atoms with Crippen molar-refractivity contribution >= 4 is 28.9 Å². The fourth-order valence-corrected chi connectivity index (χ4v) is 1.91. The highest BCUT2D eigenvalue weighted by molar-refractivity contribution is 5.94. The molecule has 0 bridgehead atoms. The molecule has 0 aromatic heterocycles. The van der Waals surface area contributed by atoms with Gasteiger partial charge in [-0.05, 0) is 24.3 Å². The van der Waals surface area contributed by atoms with Gasteiger partial charge in [0.15, 0.2) is 6.61 Å². The van der Waals surface area contributed by atoms with E-state index in [0.29, 0.717) is 11.4 Å². The van der Waals surface area contributed by atoms with Crippen LogP contribution >= 0.6 is 0 Å². The van der Waals surface area contributed by atoms with E-state index < -0.39 is 10.8 Å². The van der Waals surface area contributed by atoms with Gasteiger partial charge in [0, 0.05) is 24.4 Å². The van der Waals surface area contributed by atoms with Crippen molar-refractivity contribution in [1.82, 2.24) is 0 Å². The van der Waals surface area contributed by atoms with Crippen molar-refractivity contribution in [2.75, 3.05) is 17.2 Å². The average molecular weight is 329 g/mol. The SMILES string of the molecule is CC(=O)Nc1cccc(NC(=O)COc2cccc([N+](=O)[O-])c2)c1. The van der Waals surface area contributed by atoms with E-state index in [1.165, 1.54) is 31.2 Å². The summed E-state index contributed by atoms with van der Waals surface area (Å²) in [6.07, 6.45) is 0. The van der Waals surface area contributed by atoms with Crippen molar-refractivity contribution in [3.8, 4) is 5.75 Å². The Morgan fingerprint density at radius 1 is 1.08 bits per heavy atom. The lowest BCUT2D eigenvalue weighted by atomic mass is 10.2. The Bertz CT molecular complexity index is 776. The van der Waals surface area contributed by atoms with Crippen molar-refractivity contribution in [2.24, 2.45) is 0 Å². The molecule has 2 aromatic rings. The quantitative estimate of drug-likeness (QED) is 0.625. The summed E-state index contributed by atoms with van der Waals surface area (Å²) < 4.78 is 5.24. The van der Waals surface area contributed by atoms with Crippen molar-refractivity contribution in [2.45, 2.75) is 6.92 Å². The van der Waals surface area contributed by atoms with E-state index in [1.807, 2.05) is 0 Å². The molecule has 8 heteroatoms. The summed E-state index contributed by atoms with van der Waals surface area (Å²) in [6.45, 7) is 1.09. The lowest BCUT2D eigenvalue weighted by Gasteiger charge is -2.09. The average Bonchev–Trinajstić information content (AvgIpc) is 2.53. The minimum atomic E-state index is -0.541. The van der Waals surface area contributed by atoms with Crippen molar-refractivity contribution in [1.29, 1.82) is 0 Å². The molecular formula is C16H15N3O5. The highest BCUT2D eigenvalue weighted by Gasteiger charge is 2.09. The fraction of sp³-hybridized carbons (Fsp3) is 0.125. The molecule has 0 atom stereocenters. The monoisotopic (exact) mass is 329 g/mol. The molecule has 0 radical (unpaired) electrons. The zero-order valence-electron chi connectivity index (χ0n) is 12.8. The van der Waals surface area contributed by atoms with E-state index in [-0.39, 0.29) is 24.0 Å². The molecule has 0 aliphatic rings. The first kappa shape index (κ1) is 16.9. The van der Waals surface area contributed by atoms with E-state index in [9.17, 15) is 19.7 Å². The number of benzene rings is 2. The molecular weight excluding hydrogens is 314 g/mol. The van der Waals surface area contributed by atoms with Gasteiger partial charge < -0.3 is 15.4 Å². The Hall–Kier alpha value is -3.42. The van der Waals surface area contributed by atoms with Gasteiger partial charge in [0.2, 0.25) is 5.91 Å². The Balaban J connectivity index is 1.93. The van der Waals surface area contributed by atoms with Gasteiger partial charge in [-0.25, -0.2) is 0 Å². The molecule has 0 aliphatic heterocycles. The molecule has 0 saturated carbocycles. The van der Waals surface area contributed by atoms with Crippen LogP contribution in [-0.4, -0.2) is 23.3 Å². The van der Waals surface area contributed by atoms with Crippen LogP contribution in [0.5, 0.6) is 5.75 Å². The summed E-state index contributed by atoms with van der Waals surface area (Å²) in [6, 6.07) is 12.2. The number of ether oxygens (including phenoxy) is 1. The standard InChI is InChI=1S/C16H15N3O5/c1-11(20)17-12-4-2-5-13(8-12)18-16(21)10-24-15-7-3-6-14(9-15)19(22)23/h2-9H,10H2,1H3,(H,17,20)(H,18,21). The minimum absolute atomic E-state index is 0.115. The number of hydrogen-bond donors (Lipinski definition) is 2. The third kappa shape index (κ3) is 5.09. The Labute approximate surface area is 137 Å². The normalized spacial score (nSPS) is 9.88. The van der Waals surface area contributed by atoms with Gasteiger partial charge in [0.1, 0.15) is 5.75 Å². The lowest BCUT2D eigenvalue weighted by Crippen LogP contribution is -2.20. The number of hydrogen-bond acceptors (Lipinski definition) is 5. The number of anilines is 2. The van der Waals surface area contributed by atoms with E-state index >= 15 is 0 Å². The number of non-ortho nitro benzene ring substituents is 1. The summed E-state index contributed by atoms with van der Waals surface area (Å²) in [7, 11) is 0. The molecule has 2 amide bonds. The topological polar surface area (TPSA) is 111 Å². The lowest BCUT2D eigenvalue weighted by molar-refractivity contribution is -0.384. The van der Waals surface area contributed by atoms with Crippen molar-refractivity contribution in [3.63, 3.8) is 0 Å². The summed E-state index contributed by atoms with van der Waals surface area (Å²) >= 11 is 0. The molecule has 0 spiro atoms. The van der Waals surface area contributed by atoms with E-state index in [2.05, 4.69) is 10.6 Å². The maximum atomic E-state index is 11.9. The number of nitro groups is 1. The summed E-state index contributed by atoms with van der Waals surface area (Å²) in [5.41, 5.74) is 0.935. The number of nitrogens with zero attached hydrogens (tertiary/aromatic N) is 1. The van der Waals surface area contributed by atoms with Gasteiger partial charge in [0.05, 0.1) is 11.0 Å². The van der Waals surface area contributed by atoms with Crippen LogP contribution < -0.4 is 15.4 Å². The molecule has 2 aromatic carbocycles. The van der Waals surface area contributed by atoms with Gasteiger partial charge in [0.25, 0.3) is 11.6 Å². The Kier molecular flexibility index (Phi) is 5.45. The summed E-state index contributed by atoms with van der Waals surface area (Å²) in [4.78, 5) is 33.0. The highest BCUT2D eigenvalue weighted by atomic mass is 16.6. The fourth-order valence-electron chi connectivity index (χ4n) is 1.91. The molecule has 0 fully saturated rings. The molecule has 0 saturated heterocycles. The third-order valence-electron chi connectivity index (χ3n) is 2.87. The van der Waals surface area contributed by atoms with Crippen LogP contribution in [0.4, 0.5) is 17.1 Å². The van der Waals surface area contributed by atoms with E-state index in [1.54, 1.807) is 24.3 Å². The van der Waals surface area contributed by atoms with Gasteiger partial charge in [-0.1, -0.05) is 12.1 Å². The van der Waals surface area contributed by atoms with E-state index in [4.69, 9.17) is 4.74 Å². The Morgan fingerprint density at radius 3 is 2.42 bits per heavy atom. The predicted molar refractivity (Wildman–Crippen MR) is 88.0 cm³/mol. The molecule has 2 rings (SSSR count). The smallest absolute Gasteiger partial charge is 0.273 e. The highest BCUT2D eigenvalue weighted by Crippen LogP contribution is 2.19. The van der Waals surface area contributed by atoms with Crippen LogP contribution in [0.15, 0.2) is 48.5 Å². The maximum absolute atomic E-state index is 11.9. The number of nitro benzene ring substituents is 1. The van der Waals surface area contributed by atoms with Crippen LogP contribution in [0.3, 0.4) is 0 Å². The molecule has 0 aliphatic carbocycles. The van der Waals surface area contributed by atoms with Crippen LogP contribution in [0, 0.1) is 10.1 Å². The molecule has 124 valence electrons. The van der Waals surface area contributed by atoms with Crippen LogP contribution in [0.2, 0.25) is 0 Å². The number of rotatable bonds is 6. The third-order valence-corrected chi connectivity index (χ3v) is 2.87. The van der Waals surface area contributed by atoms with Gasteiger partial charge >= 0.3 is 0 Å². The minimum Gasteiger partial charge on any atom is -0.484 e. The number of carbonyl (C=O) groups excluding carboxylic acids is 2. The van der Waals surface area contributed by atoms with E-state index in [0.717, 1.165) is 0 Å². The maximum Gasteiger partial charge on any atom is 0.273 e. The molecule has 8 nitrogen and oxygen atoms in total.